The fraction of sp³-hybridized carbons (Fsp3) is 0.467. The largest absolute Gasteiger partial charge is 0.354 e. The van der Waals surface area contributed by atoms with Gasteiger partial charge in [-0.3, -0.25) is 10.1 Å². The Hall–Kier alpha value is -0.950. The van der Waals surface area contributed by atoms with Gasteiger partial charge in [-0.2, -0.15) is 0 Å². The molecule has 2 N–H and O–H groups in total. The second-order valence-electron chi connectivity index (χ2n) is 5.07. The monoisotopic (exact) mass is 376 g/mol. The van der Waals surface area contributed by atoms with Crippen LogP contribution in [0.4, 0.5) is 0 Å². The van der Waals surface area contributed by atoms with Crippen LogP contribution in [0.3, 0.4) is 0 Å². The van der Waals surface area contributed by atoms with E-state index in [0.717, 1.165) is 41.5 Å². The first kappa shape index (κ1) is 20.1. The van der Waals surface area contributed by atoms with Gasteiger partial charge in [-0.05, 0) is 19.1 Å². The smallest absolute Gasteiger partial charge is 0.238 e. The molecule has 0 aliphatic carbocycles. The molecule has 23 heavy (non-hydrogen) atoms. The summed E-state index contributed by atoms with van der Waals surface area (Å²) in [6.07, 6.45) is 0.758. The summed E-state index contributed by atoms with van der Waals surface area (Å²) in [6.45, 7) is 3.64. The zero-order chi connectivity index (χ0) is 14.7. The summed E-state index contributed by atoms with van der Waals surface area (Å²) in [5, 5.41) is 6.18. The third kappa shape index (κ3) is 4.53. The Balaban J connectivity index is 0.00000132. The molecule has 128 valence electrons. The lowest BCUT2D eigenvalue weighted by molar-refractivity contribution is -0.122. The van der Waals surface area contributed by atoms with Crippen LogP contribution in [0.25, 0.3) is 11.0 Å². The van der Waals surface area contributed by atoms with Crippen molar-refractivity contribution in [3.05, 3.63) is 30.1 Å². The summed E-state index contributed by atoms with van der Waals surface area (Å²) >= 11 is 1.76. The molecule has 1 atom stereocenters. The molecular formula is C15H22Cl2N4OS. The first-order chi connectivity index (χ1) is 10.3. The van der Waals surface area contributed by atoms with E-state index in [-0.39, 0.29) is 36.8 Å². The van der Waals surface area contributed by atoms with Crippen LogP contribution in [0.1, 0.15) is 12.7 Å². The Morgan fingerprint density at radius 3 is 2.91 bits per heavy atom. The van der Waals surface area contributed by atoms with Crippen molar-refractivity contribution in [3.63, 3.8) is 0 Å². The van der Waals surface area contributed by atoms with Gasteiger partial charge < -0.3 is 9.88 Å². The number of benzene rings is 1. The van der Waals surface area contributed by atoms with E-state index in [0.29, 0.717) is 6.54 Å². The molecule has 3 rings (SSSR count). The molecule has 0 saturated carbocycles. The van der Waals surface area contributed by atoms with E-state index in [1.54, 1.807) is 11.8 Å². The topological polar surface area (TPSA) is 59.0 Å². The number of carbonyl (C=O) groups is 1. The van der Waals surface area contributed by atoms with E-state index >= 15 is 0 Å². The summed E-state index contributed by atoms with van der Waals surface area (Å²) in [7, 11) is 0. The molecule has 2 heterocycles. The number of nitrogens with one attached hydrogen (secondary N) is 2. The van der Waals surface area contributed by atoms with Crippen molar-refractivity contribution in [1.29, 1.82) is 0 Å². The standard InChI is InChI=1S/C15H20N4OS.2ClH/c1-2-19-13-6-4-3-5-11(13)18-14(19)7-8-16-15(20)12-9-21-10-17-12;;/h3-6,12,17H,2,7-10H2,1H3,(H,16,20);2*1H. The highest BCUT2D eigenvalue weighted by atomic mass is 35.5. The maximum absolute atomic E-state index is 11.9. The van der Waals surface area contributed by atoms with Crippen molar-refractivity contribution < 1.29 is 4.79 Å². The lowest BCUT2D eigenvalue weighted by atomic mass is 10.3. The Kier molecular flexibility index (Phi) is 8.19. The number of hydrogen-bond donors (Lipinski definition) is 2. The van der Waals surface area contributed by atoms with Crippen LogP contribution < -0.4 is 10.6 Å². The normalized spacial score (nSPS) is 16.7. The van der Waals surface area contributed by atoms with Gasteiger partial charge in [0.25, 0.3) is 0 Å². The molecule has 1 saturated heterocycles. The zero-order valence-corrected chi connectivity index (χ0v) is 15.4. The SMILES string of the molecule is CCn1c(CCNC(=O)C2CSCN2)nc2ccccc21.Cl.Cl. The van der Waals surface area contributed by atoms with Gasteiger partial charge in [0, 0.05) is 31.1 Å². The van der Waals surface area contributed by atoms with E-state index in [2.05, 4.69) is 33.2 Å². The minimum absolute atomic E-state index is 0. The van der Waals surface area contributed by atoms with Crippen molar-refractivity contribution in [2.24, 2.45) is 0 Å². The first-order valence-corrected chi connectivity index (χ1v) is 8.48. The quantitative estimate of drug-likeness (QED) is 0.839. The number of thioether (sulfide) groups is 1. The van der Waals surface area contributed by atoms with E-state index in [9.17, 15) is 4.79 Å². The minimum atomic E-state index is -0.0417. The van der Waals surface area contributed by atoms with Crippen molar-refractivity contribution >= 4 is 53.5 Å². The predicted octanol–water partition coefficient (Wildman–Crippen LogP) is 2.22. The Morgan fingerprint density at radius 1 is 1.43 bits per heavy atom. The van der Waals surface area contributed by atoms with Crippen LogP contribution in [0, 0.1) is 0 Å². The number of amides is 1. The number of para-hydroxylation sites is 2. The van der Waals surface area contributed by atoms with Gasteiger partial charge in [0.05, 0.1) is 17.1 Å². The Labute approximate surface area is 152 Å². The van der Waals surface area contributed by atoms with Gasteiger partial charge in [-0.25, -0.2) is 4.98 Å². The highest BCUT2D eigenvalue weighted by Crippen LogP contribution is 2.16. The van der Waals surface area contributed by atoms with Gasteiger partial charge in [-0.1, -0.05) is 12.1 Å². The van der Waals surface area contributed by atoms with Crippen molar-refractivity contribution in [3.8, 4) is 0 Å². The average Bonchev–Trinajstić information content (AvgIpc) is 3.14. The third-order valence-electron chi connectivity index (χ3n) is 3.73. The van der Waals surface area contributed by atoms with Gasteiger partial charge in [-0.15, -0.1) is 36.6 Å². The van der Waals surface area contributed by atoms with Crippen LogP contribution in [-0.4, -0.2) is 39.7 Å². The van der Waals surface area contributed by atoms with Gasteiger partial charge in [0.2, 0.25) is 5.91 Å². The summed E-state index contributed by atoms with van der Waals surface area (Å²) in [6, 6.07) is 8.12. The molecule has 1 aliphatic rings. The lowest BCUT2D eigenvalue weighted by Gasteiger charge is -2.11. The Morgan fingerprint density at radius 2 is 2.22 bits per heavy atom. The number of imidazole rings is 1. The summed E-state index contributed by atoms with van der Waals surface area (Å²) in [4.78, 5) is 16.6. The minimum Gasteiger partial charge on any atom is -0.354 e. The summed E-state index contributed by atoms with van der Waals surface area (Å²) in [5.41, 5.74) is 2.18. The Bertz CT molecular complexity index is 643. The number of aryl methyl sites for hydroxylation is 1. The van der Waals surface area contributed by atoms with Gasteiger partial charge in [0.1, 0.15) is 5.82 Å². The number of nitrogens with zero attached hydrogens (tertiary/aromatic N) is 2. The molecular weight excluding hydrogens is 355 g/mol. The lowest BCUT2D eigenvalue weighted by Crippen LogP contribution is -2.42. The van der Waals surface area contributed by atoms with Crippen molar-refractivity contribution in [2.45, 2.75) is 25.9 Å². The van der Waals surface area contributed by atoms with Crippen LogP contribution in [0.15, 0.2) is 24.3 Å². The van der Waals surface area contributed by atoms with Crippen LogP contribution >= 0.6 is 36.6 Å². The summed E-state index contributed by atoms with van der Waals surface area (Å²) in [5.74, 6) is 2.86. The van der Waals surface area contributed by atoms with Crippen LogP contribution in [-0.2, 0) is 17.8 Å². The average molecular weight is 377 g/mol. The fourth-order valence-electron chi connectivity index (χ4n) is 2.65. The zero-order valence-electron chi connectivity index (χ0n) is 12.9. The third-order valence-corrected chi connectivity index (χ3v) is 4.67. The van der Waals surface area contributed by atoms with Gasteiger partial charge >= 0.3 is 0 Å². The van der Waals surface area contributed by atoms with Crippen LogP contribution in [0.5, 0.6) is 0 Å². The van der Waals surface area contributed by atoms with E-state index < -0.39 is 0 Å². The molecule has 1 unspecified atom stereocenters. The maximum Gasteiger partial charge on any atom is 0.238 e. The molecule has 0 spiro atoms. The number of hydrogen-bond acceptors (Lipinski definition) is 4. The predicted molar refractivity (Wildman–Crippen MR) is 101 cm³/mol. The molecule has 1 amide bonds. The van der Waals surface area contributed by atoms with E-state index in [1.807, 2.05) is 18.2 Å². The van der Waals surface area contributed by atoms with Crippen LogP contribution in [0.2, 0.25) is 0 Å². The molecule has 0 bridgehead atoms. The number of halogens is 2. The second kappa shape index (κ2) is 9.37. The number of rotatable bonds is 5. The molecule has 8 heteroatoms. The van der Waals surface area contributed by atoms with Gasteiger partial charge in [0.15, 0.2) is 0 Å². The van der Waals surface area contributed by atoms with E-state index in [4.69, 9.17) is 0 Å². The molecule has 0 radical (unpaired) electrons. The fourth-order valence-corrected chi connectivity index (χ4v) is 3.60. The number of fused-ring (bicyclic) bond motifs is 1. The molecule has 1 aromatic carbocycles. The van der Waals surface area contributed by atoms with E-state index in [1.165, 1.54) is 0 Å². The summed E-state index contributed by atoms with van der Waals surface area (Å²) < 4.78 is 2.21. The molecule has 1 aliphatic heterocycles. The second-order valence-corrected chi connectivity index (χ2v) is 6.10. The molecule has 2 aromatic rings. The van der Waals surface area contributed by atoms with Crippen molar-refractivity contribution in [2.75, 3.05) is 18.2 Å². The molecule has 5 nitrogen and oxygen atoms in total. The highest BCUT2D eigenvalue weighted by Gasteiger charge is 2.22. The number of aromatic nitrogens is 2. The molecule has 1 fully saturated rings. The van der Waals surface area contributed by atoms with Crippen molar-refractivity contribution in [1.82, 2.24) is 20.2 Å². The first-order valence-electron chi connectivity index (χ1n) is 7.32. The highest BCUT2D eigenvalue weighted by molar-refractivity contribution is 7.99. The number of carbonyl (C=O) groups excluding carboxylic acids is 1. The maximum atomic E-state index is 11.9. The molecule has 1 aromatic heterocycles.